The number of amides is 3. The summed E-state index contributed by atoms with van der Waals surface area (Å²) in [5, 5.41) is 3.37. The van der Waals surface area contributed by atoms with Gasteiger partial charge in [-0.05, 0) is 83.4 Å². The van der Waals surface area contributed by atoms with E-state index in [1.165, 1.54) is 0 Å². The van der Waals surface area contributed by atoms with Crippen LogP contribution in [0.15, 0.2) is 24.3 Å². The number of nitrogens with zero attached hydrogens (tertiary/aromatic N) is 3. The van der Waals surface area contributed by atoms with E-state index in [0.717, 1.165) is 37.7 Å². The molecule has 3 heterocycles. The van der Waals surface area contributed by atoms with Crippen LogP contribution in [0.3, 0.4) is 0 Å². The lowest BCUT2D eigenvalue weighted by atomic mass is 9.91. The molecule has 3 amide bonds. The van der Waals surface area contributed by atoms with E-state index in [0.29, 0.717) is 24.4 Å². The van der Waals surface area contributed by atoms with Gasteiger partial charge in [0.15, 0.2) is 0 Å². The van der Waals surface area contributed by atoms with Crippen LogP contribution in [0, 0.1) is 6.57 Å². The number of nitrogens with one attached hydrogen (secondary N) is 1. The monoisotopic (exact) mass is 526 g/mol. The van der Waals surface area contributed by atoms with Gasteiger partial charge in [0.2, 0.25) is 11.8 Å². The molecule has 5 rings (SSSR count). The summed E-state index contributed by atoms with van der Waals surface area (Å²) in [6, 6.07) is 5.96. The number of carbonyl (C=O) groups is 3. The summed E-state index contributed by atoms with van der Waals surface area (Å²) in [5.41, 5.74) is -0.154. The Balaban J connectivity index is 1.37. The summed E-state index contributed by atoms with van der Waals surface area (Å²) in [4.78, 5) is 47.9. The minimum absolute atomic E-state index is 0.00923. The molecule has 0 aromatic heterocycles. The molecule has 1 aliphatic carbocycles. The normalized spacial score (nSPS) is 30.5. The first-order valence-electron chi connectivity index (χ1n) is 13.3. The average molecular weight is 527 g/mol. The van der Waals surface area contributed by atoms with Crippen molar-refractivity contribution in [3.05, 3.63) is 46.3 Å². The van der Waals surface area contributed by atoms with Crippen LogP contribution in [0.1, 0.15) is 77.2 Å². The topological polar surface area (TPSA) is 83.3 Å². The number of hydrogen-bond donors (Lipinski definition) is 1. The van der Waals surface area contributed by atoms with Gasteiger partial charge in [-0.3, -0.25) is 9.59 Å². The van der Waals surface area contributed by atoms with Crippen molar-refractivity contribution in [1.29, 1.82) is 0 Å². The fourth-order valence-corrected chi connectivity index (χ4v) is 6.82. The van der Waals surface area contributed by atoms with Crippen LogP contribution in [0.25, 0.3) is 4.85 Å². The minimum atomic E-state index is -0.711. The quantitative estimate of drug-likeness (QED) is 0.587. The van der Waals surface area contributed by atoms with E-state index in [2.05, 4.69) is 10.2 Å². The first kappa shape index (κ1) is 25.8. The van der Waals surface area contributed by atoms with E-state index >= 15 is 0 Å². The number of likely N-dealkylation sites (tertiary alicyclic amines) is 1. The Morgan fingerprint density at radius 1 is 1.19 bits per heavy atom. The van der Waals surface area contributed by atoms with Gasteiger partial charge in [0.1, 0.15) is 23.2 Å². The first-order chi connectivity index (χ1) is 17.5. The van der Waals surface area contributed by atoms with Crippen LogP contribution in [-0.2, 0) is 14.3 Å². The van der Waals surface area contributed by atoms with Gasteiger partial charge in [0, 0.05) is 17.6 Å². The number of ether oxygens (including phenoxy) is 1. The van der Waals surface area contributed by atoms with Gasteiger partial charge in [-0.15, -0.1) is 0 Å². The molecule has 1 N–H and O–H groups in total. The maximum absolute atomic E-state index is 14.1. The molecule has 9 heteroatoms. The Hall–Kier alpha value is -2.79. The number of halogens is 1. The number of alkyl carbamates (subject to hydrolysis) is 1. The molecule has 1 aromatic carbocycles. The molecule has 3 saturated heterocycles. The third-order valence-electron chi connectivity index (χ3n) is 8.35. The number of carbonyl (C=O) groups excluding carboxylic acids is 3. The second-order valence-corrected chi connectivity index (χ2v) is 12.3. The Morgan fingerprint density at radius 2 is 1.95 bits per heavy atom. The van der Waals surface area contributed by atoms with Crippen molar-refractivity contribution >= 4 is 29.5 Å². The molecular weight excluding hydrogens is 492 g/mol. The Morgan fingerprint density at radius 3 is 2.59 bits per heavy atom. The van der Waals surface area contributed by atoms with Crippen LogP contribution in [-0.4, -0.2) is 69.6 Å². The van der Waals surface area contributed by atoms with Gasteiger partial charge >= 0.3 is 6.09 Å². The lowest BCUT2D eigenvalue weighted by molar-refractivity contribution is -0.147. The van der Waals surface area contributed by atoms with Crippen molar-refractivity contribution in [1.82, 2.24) is 15.1 Å². The highest BCUT2D eigenvalue weighted by Crippen LogP contribution is 2.56. The molecule has 198 valence electrons. The second-order valence-electron chi connectivity index (χ2n) is 11.9. The van der Waals surface area contributed by atoms with Crippen LogP contribution in [0.2, 0.25) is 5.02 Å². The van der Waals surface area contributed by atoms with E-state index in [9.17, 15) is 14.4 Å². The Bertz CT molecular complexity index is 1140. The zero-order valence-corrected chi connectivity index (χ0v) is 22.5. The van der Waals surface area contributed by atoms with Crippen LogP contribution in [0.4, 0.5) is 4.79 Å². The molecule has 3 aliphatic heterocycles. The fraction of sp³-hybridized carbons (Fsp3) is 0.643. The van der Waals surface area contributed by atoms with Crippen LogP contribution in [0.5, 0.6) is 0 Å². The standard InChI is InChI=1S/C28H35ClN4O4/c1-27(2,3)37-26(36)31-21-10-6-9-19-11-12-22(33(19)24(21)34)25(35)32-16-20(17-7-5-8-18(29)15-17)23(30-4)28(32)13-14-28/h5,7-8,15,19-23H,6,9-14,16H2,1-3H3,(H,31,36)/t19-,20+,21-,22-,23+/m0/s1. The summed E-state index contributed by atoms with van der Waals surface area (Å²) < 4.78 is 5.38. The average Bonchev–Trinajstić information content (AvgIpc) is 3.42. The van der Waals surface area contributed by atoms with Crippen molar-refractivity contribution in [3.8, 4) is 0 Å². The van der Waals surface area contributed by atoms with Crippen LogP contribution < -0.4 is 5.32 Å². The molecule has 4 aliphatic rings. The van der Waals surface area contributed by atoms with Crippen molar-refractivity contribution in [2.75, 3.05) is 6.54 Å². The number of hydrogen-bond acceptors (Lipinski definition) is 4. The van der Waals surface area contributed by atoms with Crippen molar-refractivity contribution in [2.24, 2.45) is 0 Å². The lowest BCUT2D eigenvalue weighted by Crippen LogP contribution is -2.56. The summed E-state index contributed by atoms with van der Waals surface area (Å²) >= 11 is 6.26. The van der Waals surface area contributed by atoms with E-state index in [1.54, 1.807) is 25.7 Å². The first-order valence-corrected chi connectivity index (χ1v) is 13.7. The predicted octanol–water partition coefficient (Wildman–Crippen LogP) is 4.52. The third-order valence-corrected chi connectivity index (χ3v) is 8.59. The third kappa shape index (κ3) is 4.79. The van der Waals surface area contributed by atoms with Crippen molar-refractivity contribution in [3.63, 3.8) is 0 Å². The van der Waals surface area contributed by atoms with Crippen LogP contribution >= 0.6 is 11.6 Å². The molecule has 0 unspecified atom stereocenters. The number of rotatable bonds is 3. The van der Waals surface area contributed by atoms with Gasteiger partial charge in [-0.25, -0.2) is 11.4 Å². The van der Waals surface area contributed by atoms with Gasteiger partial charge in [0.25, 0.3) is 6.04 Å². The maximum Gasteiger partial charge on any atom is 0.408 e. The number of fused-ring (bicyclic) bond motifs is 1. The maximum atomic E-state index is 14.1. The lowest BCUT2D eigenvalue weighted by Gasteiger charge is -2.34. The highest BCUT2D eigenvalue weighted by molar-refractivity contribution is 6.30. The summed E-state index contributed by atoms with van der Waals surface area (Å²) in [6.07, 6.45) is 4.48. The van der Waals surface area contributed by atoms with E-state index in [1.807, 2.05) is 29.2 Å². The van der Waals surface area contributed by atoms with Gasteiger partial charge in [0.05, 0.1) is 5.92 Å². The van der Waals surface area contributed by atoms with E-state index < -0.39 is 29.3 Å². The molecule has 0 radical (unpaired) electrons. The fourth-order valence-electron chi connectivity index (χ4n) is 6.62. The Kier molecular flexibility index (Phi) is 6.64. The predicted molar refractivity (Wildman–Crippen MR) is 139 cm³/mol. The summed E-state index contributed by atoms with van der Waals surface area (Å²) in [7, 11) is 0. The molecule has 1 aromatic rings. The van der Waals surface area contributed by atoms with E-state index in [-0.39, 0.29) is 29.8 Å². The number of benzene rings is 1. The van der Waals surface area contributed by atoms with Crippen molar-refractivity contribution < 1.29 is 19.1 Å². The smallest absolute Gasteiger partial charge is 0.408 e. The molecule has 8 nitrogen and oxygen atoms in total. The van der Waals surface area contributed by atoms with Gasteiger partial charge in [-0.1, -0.05) is 23.7 Å². The zero-order valence-electron chi connectivity index (χ0n) is 21.7. The molecule has 0 bridgehead atoms. The molecular formula is C28H35ClN4O4. The zero-order chi connectivity index (χ0) is 26.5. The molecule has 4 fully saturated rings. The molecule has 1 saturated carbocycles. The van der Waals surface area contributed by atoms with E-state index in [4.69, 9.17) is 22.9 Å². The van der Waals surface area contributed by atoms with Gasteiger partial charge < -0.3 is 24.7 Å². The summed E-state index contributed by atoms with van der Waals surface area (Å²) in [5.74, 6) is -0.382. The Labute approximate surface area is 223 Å². The molecule has 5 atom stereocenters. The SMILES string of the molecule is [C-]#[N+][C@@H]1[C@@H](c2cccc(Cl)c2)CN(C(=O)[C@@H]2CC[C@@H]3CCC[C@H](NC(=O)OC(C)(C)C)C(=O)N32)C12CC2. The largest absolute Gasteiger partial charge is 0.444 e. The summed E-state index contributed by atoms with van der Waals surface area (Å²) in [6.45, 7) is 13.8. The highest BCUT2D eigenvalue weighted by atomic mass is 35.5. The molecule has 37 heavy (non-hydrogen) atoms. The van der Waals surface area contributed by atoms with Crippen molar-refractivity contribution in [2.45, 2.75) is 107 Å². The highest BCUT2D eigenvalue weighted by Gasteiger charge is 2.68. The van der Waals surface area contributed by atoms with Gasteiger partial charge in [-0.2, -0.15) is 0 Å². The minimum Gasteiger partial charge on any atom is -0.444 e. The second kappa shape index (κ2) is 9.50. The molecule has 1 spiro atoms.